The minimum atomic E-state index is -0.137. The van der Waals surface area contributed by atoms with Gasteiger partial charge in [0.05, 0.1) is 5.56 Å². The Morgan fingerprint density at radius 1 is 1.15 bits per heavy atom. The van der Waals surface area contributed by atoms with Gasteiger partial charge >= 0.3 is 0 Å². The van der Waals surface area contributed by atoms with E-state index in [0.29, 0.717) is 12.1 Å². The number of anilines is 1. The van der Waals surface area contributed by atoms with Crippen molar-refractivity contribution in [2.45, 2.75) is 6.54 Å². The molecule has 0 aliphatic heterocycles. The third-order valence-electron chi connectivity index (χ3n) is 2.81. The first kappa shape index (κ1) is 15.2. The van der Waals surface area contributed by atoms with Gasteiger partial charge in [-0.05, 0) is 52.8 Å². The van der Waals surface area contributed by atoms with Crippen LogP contribution in [0.4, 0.5) is 5.69 Å². The van der Waals surface area contributed by atoms with Crippen LogP contribution >= 0.6 is 31.9 Å². The average Bonchev–Trinajstić information content (AvgIpc) is 2.44. The highest BCUT2D eigenvalue weighted by molar-refractivity contribution is 9.11. The van der Waals surface area contributed by atoms with Crippen LogP contribution in [-0.4, -0.2) is 13.0 Å². The first-order valence-corrected chi connectivity index (χ1v) is 7.69. The molecule has 0 aliphatic carbocycles. The van der Waals surface area contributed by atoms with Crippen LogP contribution in [0.3, 0.4) is 0 Å². The number of carbonyl (C=O) groups is 1. The fourth-order valence-electron chi connectivity index (χ4n) is 1.85. The van der Waals surface area contributed by atoms with E-state index in [4.69, 9.17) is 0 Å². The molecule has 0 heterocycles. The summed E-state index contributed by atoms with van der Waals surface area (Å²) < 4.78 is 1.64. The lowest BCUT2D eigenvalue weighted by Gasteiger charge is -2.11. The van der Waals surface area contributed by atoms with Crippen LogP contribution in [0.25, 0.3) is 0 Å². The largest absolute Gasteiger partial charge is 0.322 e. The highest BCUT2D eigenvalue weighted by Gasteiger charge is 2.12. The molecule has 2 N–H and O–H groups in total. The Hall–Kier alpha value is -1.17. The summed E-state index contributed by atoms with van der Waals surface area (Å²) >= 11 is 6.78. The van der Waals surface area contributed by atoms with E-state index in [1.807, 2.05) is 43.4 Å². The molecule has 1 amide bonds. The van der Waals surface area contributed by atoms with Gasteiger partial charge in [-0.15, -0.1) is 0 Å². The zero-order valence-corrected chi connectivity index (χ0v) is 14.1. The smallest absolute Gasteiger partial charge is 0.256 e. The summed E-state index contributed by atoms with van der Waals surface area (Å²) in [5.41, 5.74) is 2.46. The van der Waals surface area contributed by atoms with Crippen molar-refractivity contribution in [1.82, 2.24) is 5.32 Å². The highest BCUT2D eigenvalue weighted by atomic mass is 79.9. The molecule has 3 nitrogen and oxygen atoms in total. The number of rotatable bonds is 4. The lowest BCUT2D eigenvalue weighted by Crippen LogP contribution is -2.15. The number of hydrogen-bond acceptors (Lipinski definition) is 2. The molecule has 0 saturated carbocycles. The van der Waals surface area contributed by atoms with Crippen molar-refractivity contribution < 1.29 is 4.79 Å². The summed E-state index contributed by atoms with van der Waals surface area (Å²) in [4.78, 5) is 12.4. The van der Waals surface area contributed by atoms with Gasteiger partial charge in [-0.25, -0.2) is 0 Å². The zero-order valence-electron chi connectivity index (χ0n) is 10.9. The van der Waals surface area contributed by atoms with Gasteiger partial charge in [-0.1, -0.05) is 34.1 Å². The van der Waals surface area contributed by atoms with Crippen molar-refractivity contribution >= 4 is 43.5 Å². The number of nitrogens with one attached hydrogen (secondary N) is 2. The molecule has 0 aliphatic rings. The predicted molar refractivity (Wildman–Crippen MR) is 89.0 cm³/mol. The van der Waals surface area contributed by atoms with E-state index in [1.165, 1.54) is 0 Å². The average molecular weight is 398 g/mol. The molecular weight excluding hydrogens is 384 g/mol. The van der Waals surface area contributed by atoms with Crippen LogP contribution in [0, 0.1) is 0 Å². The van der Waals surface area contributed by atoms with E-state index in [9.17, 15) is 4.79 Å². The molecule has 0 saturated heterocycles. The van der Waals surface area contributed by atoms with Crippen molar-refractivity contribution in [3.63, 3.8) is 0 Å². The van der Waals surface area contributed by atoms with Crippen LogP contribution in [-0.2, 0) is 6.54 Å². The molecule has 20 heavy (non-hydrogen) atoms. The predicted octanol–water partition coefficient (Wildman–Crippen LogP) is 4.18. The Labute approximate surface area is 135 Å². The highest BCUT2D eigenvalue weighted by Crippen LogP contribution is 2.23. The Kier molecular flexibility index (Phi) is 5.34. The van der Waals surface area contributed by atoms with Crippen molar-refractivity contribution in [3.05, 3.63) is 62.5 Å². The topological polar surface area (TPSA) is 41.1 Å². The second-order valence-electron chi connectivity index (χ2n) is 4.27. The Bertz CT molecular complexity index is 629. The minimum Gasteiger partial charge on any atom is -0.322 e. The lowest BCUT2D eigenvalue weighted by molar-refractivity contribution is 0.102. The maximum absolute atomic E-state index is 12.4. The zero-order chi connectivity index (χ0) is 14.5. The van der Waals surface area contributed by atoms with E-state index in [0.717, 1.165) is 20.2 Å². The molecule has 0 radical (unpaired) electrons. The van der Waals surface area contributed by atoms with Crippen LogP contribution in [0.1, 0.15) is 15.9 Å². The second-order valence-corrected chi connectivity index (χ2v) is 6.04. The normalized spacial score (nSPS) is 10.3. The van der Waals surface area contributed by atoms with E-state index in [1.54, 1.807) is 6.07 Å². The third kappa shape index (κ3) is 3.69. The molecule has 2 rings (SSSR count). The van der Waals surface area contributed by atoms with Gasteiger partial charge < -0.3 is 10.6 Å². The second kappa shape index (κ2) is 7.02. The van der Waals surface area contributed by atoms with Gasteiger partial charge in [0, 0.05) is 21.2 Å². The Morgan fingerprint density at radius 2 is 1.90 bits per heavy atom. The van der Waals surface area contributed by atoms with E-state index >= 15 is 0 Å². The van der Waals surface area contributed by atoms with Crippen LogP contribution < -0.4 is 10.6 Å². The molecule has 104 valence electrons. The molecule has 2 aromatic rings. The summed E-state index contributed by atoms with van der Waals surface area (Å²) in [6.45, 7) is 0.704. The molecule has 0 spiro atoms. The lowest BCUT2D eigenvalue weighted by atomic mass is 10.1. The molecule has 2 aromatic carbocycles. The van der Waals surface area contributed by atoms with Gasteiger partial charge in [0.2, 0.25) is 0 Å². The summed E-state index contributed by atoms with van der Waals surface area (Å²) in [6.07, 6.45) is 0. The monoisotopic (exact) mass is 396 g/mol. The van der Waals surface area contributed by atoms with Crippen LogP contribution in [0.2, 0.25) is 0 Å². The summed E-state index contributed by atoms with van der Waals surface area (Å²) in [7, 11) is 1.88. The van der Waals surface area contributed by atoms with E-state index in [2.05, 4.69) is 42.5 Å². The van der Waals surface area contributed by atoms with Crippen LogP contribution in [0.15, 0.2) is 51.4 Å². The van der Waals surface area contributed by atoms with E-state index in [-0.39, 0.29) is 5.91 Å². The van der Waals surface area contributed by atoms with Gasteiger partial charge in [0.15, 0.2) is 0 Å². The maximum atomic E-state index is 12.4. The number of para-hydroxylation sites is 1. The molecule has 0 bridgehead atoms. The molecule has 0 aromatic heterocycles. The SMILES string of the molecule is CNCc1ccccc1NC(=O)c1cc(Br)ccc1Br. The molecule has 0 unspecified atom stereocenters. The molecule has 0 atom stereocenters. The number of hydrogen-bond donors (Lipinski definition) is 2. The first-order valence-electron chi connectivity index (χ1n) is 6.10. The Balaban J connectivity index is 2.26. The van der Waals surface area contributed by atoms with E-state index < -0.39 is 0 Å². The van der Waals surface area contributed by atoms with Gasteiger partial charge in [0.1, 0.15) is 0 Å². The summed E-state index contributed by atoms with van der Waals surface area (Å²) in [5, 5.41) is 6.04. The van der Waals surface area contributed by atoms with Gasteiger partial charge in [-0.3, -0.25) is 4.79 Å². The Morgan fingerprint density at radius 3 is 2.65 bits per heavy atom. The number of benzene rings is 2. The number of halogens is 2. The molecule has 5 heteroatoms. The first-order chi connectivity index (χ1) is 9.61. The van der Waals surface area contributed by atoms with Crippen molar-refractivity contribution in [2.24, 2.45) is 0 Å². The standard InChI is InChI=1S/C15H14Br2N2O/c1-18-9-10-4-2-3-5-14(10)19-15(20)12-8-11(16)6-7-13(12)17/h2-8,18H,9H2,1H3,(H,19,20). The van der Waals surface area contributed by atoms with Gasteiger partial charge in [-0.2, -0.15) is 0 Å². The summed E-state index contributed by atoms with van der Waals surface area (Å²) in [5.74, 6) is -0.137. The summed E-state index contributed by atoms with van der Waals surface area (Å²) in [6, 6.07) is 13.3. The van der Waals surface area contributed by atoms with Gasteiger partial charge in [0.25, 0.3) is 5.91 Å². The quantitative estimate of drug-likeness (QED) is 0.812. The number of carbonyl (C=O) groups excluding carboxylic acids is 1. The molecular formula is C15H14Br2N2O. The maximum Gasteiger partial charge on any atom is 0.256 e. The van der Waals surface area contributed by atoms with Crippen molar-refractivity contribution in [3.8, 4) is 0 Å². The third-order valence-corrected chi connectivity index (χ3v) is 3.99. The number of amides is 1. The van der Waals surface area contributed by atoms with Crippen LogP contribution in [0.5, 0.6) is 0 Å². The van der Waals surface area contributed by atoms with Crippen molar-refractivity contribution in [1.29, 1.82) is 0 Å². The fraction of sp³-hybridized carbons (Fsp3) is 0.133. The van der Waals surface area contributed by atoms with Crippen molar-refractivity contribution in [2.75, 3.05) is 12.4 Å². The molecule has 0 fully saturated rings. The fourth-order valence-corrected chi connectivity index (χ4v) is 2.64. The minimum absolute atomic E-state index is 0.137.